The fraction of sp³-hybridized carbons (Fsp3) is 0.588. The Morgan fingerprint density at radius 3 is 2.79 bits per heavy atom. The molecule has 3 rings (SSSR count). The largest absolute Gasteiger partial charge is 0.377 e. The quantitative estimate of drug-likeness (QED) is 0.380. The van der Waals surface area contributed by atoms with E-state index in [0.717, 1.165) is 18.6 Å². The summed E-state index contributed by atoms with van der Waals surface area (Å²) >= 11 is 12.2. The zero-order valence-corrected chi connectivity index (χ0v) is 17.9. The lowest BCUT2D eigenvalue weighted by molar-refractivity contribution is -0.0986. The fourth-order valence-corrected chi connectivity index (χ4v) is 4.47. The topological polar surface area (TPSA) is 59.6 Å². The average molecular weight is 484 g/mol. The third-order valence-corrected chi connectivity index (χ3v) is 5.67. The van der Waals surface area contributed by atoms with Crippen molar-refractivity contribution in [3.05, 3.63) is 33.8 Å². The maximum atomic E-state index is 6.25. The second-order valence-electron chi connectivity index (χ2n) is 7.06. The summed E-state index contributed by atoms with van der Waals surface area (Å²) in [6.45, 7) is 7.22. The summed E-state index contributed by atoms with van der Waals surface area (Å²) in [6, 6.07) is 5.63. The second-order valence-corrected chi connectivity index (χ2v) is 7.90. The number of guanidine groups is 1. The highest BCUT2D eigenvalue weighted by molar-refractivity contribution is 14.0. The number of fused-ring (bicyclic) bond motifs is 1. The third-order valence-electron chi connectivity index (χ3n) is 5.11. The fourth-order valence-electron chi connectivity index (χ4n) is 3.90. The van der Waals surface area contributed by atoms with Crippen LogP contribution in [0.1, 0.15) is 38.8 Å². The van der Waals surface area contributed by atoms with Gasteiger partial charge >= 0.3 is 0 Å². The highest BCUT2D eigenvalue weighted by Crippen LogP contribution is 2.53. The number of nitrogens with one attached hydrogen (secondary N) is 1. The number of hydrogen-bond donors (Lipinski definition) is 2. The van der Waals surface area contributed by atoms with Crippen LogP contribution < -0.4 is 11.1 Å². The van der Waals surface area contributed by atoms with Crippen molar-refractivity contribution in [1.29, 1.82) is 0 Å². The molecule has 2 fully saturated rings. The molecule has 3 N–H and O–H groups in total. The van der Waals surface area contributed by atoms with Crippen LogP contribution in [0.15, 0.2) is 23.2 Å². The first kappa shape index (κ1) is 20.1. The summed E-state index contributed by atoms with van der Waals surface area (Å²) in [5.74, 6) is 0.937. The zero-order valence-electron chi connectivity index (χ0n) is 14.1. The van der Waals surface area contributed by atoms with Crippen molar-refractivity contribution in [3.8, 4) is 0 Å². The Morgan fingerprint density at radius 2 is 2.12 bits per heavy atom. The van der Waals surface area contributed by atoms with Crippen molar-refractivity contribution in [2.24, 2.45) is 22.1 Å². The molecule has 7 heteroatoms. The van der Waals surface area contributed by atoms with Crippen molar-refractivity contribution >= 4 is 53.1 Å². The third kappa shape index (κ3) is 3.64. The molecule has 1 aliphatic carbocycles. The molecule has 0 amide bonds. The van der Waals surface area contributed by atoms with E-state index in [1.807, 2.05) is 19.1 Å². The van der Waals surface area contributed by atoms with Gasteiger partial charge in [0.15, 0.2) is 5.96 Å². The van der Waals surface area contributed by atoms with Gasteiger partial charge in [-0.15, -0.1) is 24.0 Å². The maximum Gasteiger partial charge on any atom is 0.189 e. The minimum absolute atomic E-state index is 0. The number of halogens is 3. The van der Waals surface area contributed by atoms with Gasteiger partial charge in [0.25, 0.3) is 0 Å². The Balaban J connectivity index is 0.00000208. The molecule has 4 unspecified atom stereocenters. The Hall–Kier alpha value is -0.240. The van der Waals surface area contributed by atoms with Gasteiger partial charge in [-0.2, -0.15) is 0 Å². The van der Waals surface area contributed by atoms with E-state index in [1.54, 1.807) is 6.07 Å². The summed E-state index contributed by atoms with van der Waals surface area (Å²) < 4.78 is 5.80. The molecule has 1 aromatic carbocycles. The molecule has 134 valence electrons. The first-order chi connectivity index (χ1) is 10.8. The van der Waals surface area contributed by atoms with Crippen LogP contribution in [-0.4, -0.2) is 24.7 Å². The van der Waals surface area contributed by atoms with Crippen LogP contribution in [-0.2, 0) is 4.74 Å². The summed E-state index contributed by atoms with van der Waals surface area (Å²) in [5.41, 5.74) is 7.12. The molecule has 24 heavy (non-hydrogen) atoms. The maximum absolute atomic E-state index is 6.25. The average Bonchev–Trinajstić information content (AvgIpc) is 2.91. The van der Waals surface area contributed by atoms with Gasteiger partial charge in [0.05, 0.1) is 18.2 Å². The van der Waals surface area contributed by atoms with Crippen molar-refractivity contribution in [2.45, 2.75) is 45.4 Å². The predicted molar refractivity (Wildman–Crippen MR) is 110 cm³/mol. The molecule has 4 atom stereocenters. The minimum Gasteiger partial charge on any atom is -0.377 e. The van der Waals surface area contributed by atoms with Crippen LogP contribution in [0.3, 0.4) is 0 Å². The van der Waals surface area contributed by atoms with Crippen molar-refractivity contribution < 1.29 is 4.74 Å². The van der Waals surface area contributed by atoms with E-state index in [2.05, 4.69) is 19.2 Å². The van der Waals surface area contributed by atoms with Gasteiger partial charge in [0, 0.05) is 28.0 Å². The Kier molecular flexibility index (Phi) is 6.32. The Morgan fingerprint density at radius 1 is 1.42 bits per heavy atom. The standard InChI is InChI=1S/C17H23Cl2N3O.HI/c1-9(11-5-4-10(18)8-13(11)19)21-16(20)22-14-12-6-7-23-15(12)17(14,2)3;/h4-5,8-9,12,14-15H,6-7H2,1-3H3,(H3,20,21,22);1H. The van der Waals surface area contributed by atoms with Crippen LogP contribution >= 0.6 is 47.2 Å². The molecule has 0 spiro atoms. The van der Waals surface area contributed by atoms with Gasteiger partial charge < -0.3 is 15.8 Å². The van der Waals surface area contributed by atoms with Crippen molar-refractivity contribution in [1.82, 2.24) is 5.32 Å². The smallest absolute Gasteiger partial charge is 0.189 e. The molecule has 1 saturated heterocycles. The highest BCUT2D eigenvalue weighted by atomic mass is 127. The lowest BCUT2D eigenvalue weighted by atomic mass is 9.57. The lowest BCUT2D eigenvalue weighted by Crippen LogP contribution is -2.59. The number of nitrogens with zero attached hydrogens (tertiary/aromatic N) is 1. The van der Waals surface area contributed by atoms with Gasteiger partial charge in [-0.1, -0.05) is 43.1 Å². The molecule has 4 nitrogen and oxygen atoms in total. The van der Waals surface area contributed by atoms with Gasteiger partial charge in [-0.25, -0.2) is 4.99 Å². The molecule has 0 bridgehead atoms. The normalized spacial score (nSPS) is 29.2. The van der Waals surface area contributed by atoms with E-state index < -0.39 is 0 Å². The molecule has 0 radical (unpaired) electrons. The summed E-state index contributed by atoms with van der Waals surface area (Å²) in [6.07, 6.45) is 1.38. The first-order valence-electron chi connectivity index (χ1n) is 7.97. The summed E-state index contributed by atoms with van der Waals surface area (Å²) in [7, 11) is 0. The summed E-state index contributed by atoms with van der Waals surface area (Å²) in [5, 5.41) is 4.48. The molecular weight excluding hydrogens is 460 g/mol. The molecule has 1 aliphatic heterocycles. The molecule has 1 aromatic rings. The second kappa shape index (κ2) is 7.56. The monoisotopic (exact) mass is 483 g/mol. The SMILES string of the molecule is CC(NC(N)=NC1C2CCOC2C1(C)C)c1ccc(Cl)cc1Cl.I. The van der Waals surface area contributed by atoms with E-state index in [4.69, 9.17) is 38.7 Å². The van der Waals surface area contributed by atoms with Crippen molar-refractivity contribution in [2.75, 3.05) is 6.61 Å². The van der Waals surface area contributed by atoms with Crippen LogP contribution in [0, 0.1) is 11.3 Å². The van der Waals surface area contributed by atoms with E-state index in [-0.39, 0.29) is 41.5 Å². The molecule has 1 heterocycles. The molecule has 2 aliphatic rings. The Bertz CT molecular complexity index is 638. The number of nitrogens with two attached hydrogens (primary N) is 1. The van der Waals surface area contributed by atoms with Crippen LogP contribution in [0.25, 0.3) is 0 Å². The first-order valence-corrected chi connectivity index (χ1v) is 8.72. The van der Waals surface area contributed by atoms with Gasteiger partial charge in [0.1, 0.15) is 0 Å². The van der Waals surface area contributed by atoms with E-state index in [9.17, 15) is 0 Å². The summed E-state index contributed by atoms with van der Waals surface area (Å²) in [4.78, 5) is 4.72. The van der Waals surface area contributed by atoms with E-state index >= 15 is 0 Å². The molecule has 0 aromatic heterocycles. The van der Waals surface area contributed by atoms with Crippen LogP contribution in [0.4, 0.5) is 0 Å². The van der Waals surface area contributed by atoms with Crippen LogP contribution in [0.5, 0.6) is 0 Å². The molecular formula is C17H24Cl2IN3O. The van der Waals surface area contributed by atoms with Crippen molar-refractivity contribution in [3.63, 3.8) is 0 Å². The van der Waals surface area contributed by atoms with Gasteiger partial charge in [0.2, 0.25) is 0 Å². The van der Waals surface area contributed by atoms with E-state index in [1.165, 1.54) is 0 Å². The molecule has 1 saturated carbocycles. The lowest BCUT2D eigenvalue weighted by Gasteiger charge is -2.52. The number of benzene rings is 1. The predicted octanol–water partition coefficient (Wildman–Crippen LogP) is 4.39. The van der Waals surface area contributed by atoms with Gasteiger partial charge in [-0.05, 0) is 31.0 Å². The Labute approximate surface area is 170 Å². The number of aliphatic imine (C=N–C) groups is 1. The zero-order chi connectivity index (χ0) is 16.8. The minimum atomic E-state index is -0.0395. The number of ether oxygens (including phenoxy) is 1. The van der Waals surface area contributed by atoms with Gasteiger partial charge in [-0.3, -0.25) is 0 Å². The highest BCUT2D eigenvalue weighted by Gasteiger charge is 2.59. The number of hydrogen-bond acceptors (Lipinski definition) is 2. The van der Waals surface area contributed by atoms with Crippen LogP contribution in [0.2, 0.25) is 10.0 Å². The number of rotatable bonds is 3. The van der Waals surface area contributed by atoms with E-state index in [0.29, 0.717) is 28.0 Å².